The molecule has 0 spiro atoms. The van der Waals surface area contributed by atoms with E-state index in [1.807, 2.05) is 55.4 Å². The molecule has 612 valence electrons. The molecule has 41 heteroatoms. The number of nitrogens with zero attached hydrogens (tertiary/aromatic N) is 8. The van der Waals surface area contributed by atoms with Gasteiger partial charge >= 0.3 is 12.4 Å². The van der Waals surface area contributed by atoms with Gasteiger partial charge in [-0.05, 0) is 137 Å². The first kappa shape index (κ1) is 92.8. The lowest BCUT2D eigenvalue weighted by Crippen LogP contribution is -2.51. The average Bonchev–Trinajstić information content (AvgIpc) is 1.55. The highest BCUT2D eigenvalue weighted by Crippen LogP contribution is 2.42. The molecule has 113 heavy (non-hydrogen) atoms. The molecule has 0 saturated heterocycles. The number of rotatable bonds is 16. The Labute approximate surface area is 681 Å². The Balaban J connectivity index is 0.000000214. The smallest absolute Gasteiger partial charge is 0.431 e. The predicted octanol–water partition coefficient (Wildman–Crippen LogP) is 19.9. The van der Waals surface area contributed by atoms with Crippen LogP contribution >= 0.6 is 94.0 Å². The number of isothiocyanates is 1. The van der Waals surface area contributed by atoms with Gasteiger partial charge in [-0.1, -0.05) is 69.6 Å². The Kier molecular flexibility index (Phi) is 33.9. The van der Waals surface area contributed by atoms with Crippen molar-refractivity contribution in [2.24, 2.45) is 20.0 Å². The lowest BCUT2D eigenvalue weighted by atomic mass is 10.2. The van der Waals surface area contributed by atoms with Crippen molar-refractivity contribution in [3.05, 3.63) is 161 Å². The van der Waals surface area contributed by atoms with Crippen LogP contribution in [0.25, 0.3) is 0 Å². The number of guanidine groups is 3. The van der Waals surface area contributed by atoms with Crippen LogP contribution in [0.1, 0.15) is 76.2 Å². The number of nitrogens with one attached hydrogen (secondary N) is 3. The summed E-state index contributed by atoms with van der Waals surface area (Å²) in [7, 11) is 0. The maximum atomic E-state index is 14.5. The van der Waals surface area contributed by atoms with Gasteiger partial charge in [-0.3, -0.25) is 24.6 Å². The third-order valence-corrected chi connectivity index (χ3v) is 16.3. The molecule has 0 bridgehead atoms. The van der Waals surface area contributed by atoms with Crippen molar-refractivity contribution in [1.82, 2.24) is 15.1 Å². The monoisotopic (exact) mass is 1750 g/mol. The molecule has 5 aliphatic heterocycles. The number of thiocarbonyl (C=S) groups is 2. The molecule has 6 aromatic carbocycles. The third-order valence-electron chi connectivity index (χ3n) is 14.2. The summed E-state index contributed by atoms with van der Waals surface area (Å²) in [5.74, 6) is -4.85. The first-order valence-corrected chi connectivity index (χ1v) is 36.6. The zero-order valence-corrected chi connectivity index (χ0v) is 67.6. The molecule has 0 radical (unpaired) electrons. The maximum Gasteiger partial charge on any atom is 0.431 e. The lowest BCUT2D eigenvalue weighted by Gasteiger charge is -2.35. The summed E-state index contributed by atoms with van der Waals surface area (Å²) in [5.41, 5.74) is 2.95. The minimum absolute atomic E-state index is 0.0117. The van der Waals surface area contributed by atoms with E-state index in [0.717, 1.165) is 51.6 Å². The molecular weight excluding hydrogens is 1680 g/mol. The van der Waals surface area contributed by atoms with Crippen molar-refractivity contribution in [1.29, 1.82) is 0 Å². The number of nitrogen functional groups attached to an aromatic ring is 1. The van der Waals surface area contributed by atoms with Gasteiger partial charge in [0.05, 0.1) is 120 Å². The fourth-order valence-electron chi connectivity index (χ4n) is 9.79. The maximum absolute atomic E-state index is 14.5. The molecule has 5 aliphatic rings. The first-order chi connectivity index (χ1) is 52.8. The number of allylic oxidation sites excluding steroid dienone is 2. The lowest BCUT2D eigenvalue weighted by molar-refractivity contribution is -0.119. The first-order valence-electron chi connectivity index (χ1n) is 33.5. The number of aromatic hydroxyl groups is 1. The Hall–Kier alpha value is -9.06. The number of carbonyl (C=O) groups excluding carboxylic acids is 2. The molecule has 0 saturated carbocycles. The van der Waals surface area contributed by atoms with Crippen LogP contribution in [0.4, 0.5) is 86.8 Å². The molecule has 0 atom stereocenters. The molecular formula is C72H72Cl6F12N12O9S2. The summed E-state index contributed by atoms with van der Waals surface area (Å²) < 4.78 is 193. The fourth-order valence-corrected chi connectivity index (χ4v) is 11.2. The summed E-state index contributed by atoms with van der Waals surface area (Å²) in [4.78, 5) is 43.1. The zero-order valence-electron chi connectivity index (χ0n) is 61.4. The summed E-state index contributed by atoms with van der Waals surface area (Å²) in [6.45, 7) is 21.9. The van der Waals surface area contributed by atoms with E-state index in [9.17, 15) is 67.4 Å². The van der Waals surface area contributed by atoms with Gasteiger partial charge in [0.25, 0.3) is 17.0 Å². The van der Waals surface area contributed by atoms with Gasteiger partial charge in [-0.25, -0.2) is 36.1 Å². The van der Waals surface area contributed by atoms with Crippen LogP contribution in [0.5, 0.6) is 34.5 Å². The van der Waals surface area contributed by atoms with Crippen molar-refractivity contribution in [3.8, 4) is 34.5 Å². The van der Waals surface area contributed by atoms with Crippen LogP contribution in [0.15, 0.2) is 116 Å². The van der Waals surface area contributed by atoms with E-state index in [1.165, 1.54) is 36.4 Å². The van der Waals surface area contributed by atoms with Crippen LogP contribution in [0, 0.1) is 34.9 Å². The molecule has 0 aromatic heterocycles. The number of aliphatic imine (C=N–C) groups is 4. The number of alkyl halides is 6. The minimum atomic E-state index is -4.74. The van der Waals surface area contributed by atoms with Crippen LogP contribution in [-0.4, -0.2) is 144 Å². The number of carbonyl (C=O) groups is 2. The second-order valence-electron chi connectivity index (χ2n) is 24.8. The number of ether oxygens (including phenoxy) is 6. The number of halogens is 18. The SMILES string of the molecule is CC(C)Oc1cc(N)c(F)cc1Cl.CC(C)Oc1cc(N2C(=O)C=C(C(F)(F)F)N3CCN=C32)c(F)cc1Cl.CC(C)Oc1cc(N=C=S)c(F)cc1Cl.CC(C)Oc1cc(NC2=NCCN2)c(F)cc1Cl.CCOC(=S)Nc1cc(OC(C)C)c(Cl)cc1F.O=C1C=C(C(F)(F)F)N2CCN=C2N1c1cc(O)c(Cl)cc1F. The van der Waals surface area contributed by atoms with Gasteiger partial charge in [-0.2, -0.15) is 31.3 Å². The average molecular weight is 1750 g/mol. The molecule has 2 amide bonds. The second-order valence-corrected chi connectivity index (χ2v) is 27.8. The van der Waals surface area contributed by atoms with Gasteiger partial charge in [0.2, 0.25) is 11.9 Å². The number of nitrogens with two attached hydrogens (primary N) is 1. The fraction of sp³-hybridized carbons (Fsp3) is 0.347. The number of hydrogen-bond donors (Lipinski definition) is 5. The van der Waals surface area contributed by atoms with E-state index in [4.69, 9.17) is 116 Å². The summed E-state index contributed by atoms with van der Waals surface area (Å²) in [6.07, 6.45) is -9.08. The van der Waals surface area contributed by atoms with E-state index in [2.05, 4.69) is 53.3 Å². The van der Waals surface area contributed by atoms with Crippen molar-refractivity contribution in [2.75, 3.05) is 72.0 Å². The Morgan fingerprint density at radius 2 is 0.929 bits per heavy atom. The number of anilines is 5. The van der Waals surface area contributed by atoms with Crippen LogP contribution in [0.2, 0.25) is 30.1 Å². The van der Waals surface area contributed by atoms with Gasteiger partial charge in [0.15, 0.2) is 11.8 Å². The van der Waals surface area contributed by atoms with Crippen LogP contribution in [-0.2, 0) is 14.3 Å². The van der Waals surface area contributed by atoms with E-state index >= 15 is 0 Å². The number of amides is 2. The normalized spacial score (nSPS) is 14.2. The van der Waals surface area contributed by atoms with Gasteiger partial charge < -0.3 is 65.0 Å². The predicted molar refractivity (Wildman–Crippen MR) is 421 cm³/mol. The van der Waals surface area contributed by atoms with Crippen molar-refractivity contribution < 1.29 is 95.8 Å². The van der Waals surface area contributed by atoms with Gasteiger partial charge in [0, 0.05) is 68.2 Å². The van der Waals surface area contributed by atoms with Gasteiger partial charge in [-0.15, -0.1) is 0 Å². The third kappa shape index (κ3) is 26.2. The van der Waals surface area contributed by atoms with Crippen molar-refractivity contribution in [2.45, 2.75) is 119 Å². The minimum Gasteiger partial charge on any atom is -0.506 e. The molecule has 6 aromatic rings. The molecule has 11 rings (SSSR count). The van der Waals surface area contributed by atoms with E-state index < -0.39 is 81.9 Å². The van der Waals surface area contributed by atoms with Crippen LogP contribution < -0.4 is 55.2 Å². The Morgan fingerprint density at radius 3 is 1.35 bits per heavy atom. The molecule has 21 nitrogen and oxygen atoms in total. The molecule has 6 N–H and O–H groups in total. The standard InChI is InChI=1S/C16H14ClF4N3O2.C13H8ClF4N3O2.C12H15ClFN3O.C12H15ClFNO2S.C10H9ClFNOS.C9H11ClFNO/c1-8(2)26-12-6-11(10(18)5-9(12)17)24-14(25)7-13(16(19,20)21)23-4-3-22-15(23)24;14-6-3-7(15)8(4-9(6)22)21-11(23)5-10(13(16,17)18)20-2-1-19-12(20)21;1-7(2)18-11-6-10(9(14)5-8(11)13)17-12-15-3-4-16-12;1-4-16-12(18)15-10-6-11(17-7(2)3)8(13)5-9(10)14;1-6(2)14-10-4-9(13-5-15)8(12)3-7(10)11;1-5(2)13-9-4-8(12)7(11)3-6(9)10/h5-8H,3-4H2,1-2H3;3-5,22H,1-2H2;5-7H,3-4H2,1-2H3,(H2,15,16,17);5-7H,4H2,1-3H3,(H,15,18);3-4,6H,1-2H3;3-5H,12H2,1-2H3. The van der Waals surface area contributed by atoms with Gasteiger partial charge in [0.1, 0.15) is 80.7 Å². The van der Waals surface area contributed by atoms with E-state index in [1.54, 1.807) is 26.8 Å². The van der Waals surface area contributed by atoms with E-state index in [0.29, 0.717) is 64.8 Å². The Bertz CT molecular complexity index is 4690. The molecule has 5 heterocycles. The van der Waals surface area contributed by atoms with Crippen molar-refractivity contribution in [3.63, 3.8) is 0 Å². The van der Waals surface area contributed by atoms with Crippen molar-refractivity contribution >= 4 is 168 Å². The molecule has 0 fully saturated rings. The Morgan fingerprint density at radius 1 is 0.549 bits per heavy atom. The number of hydrogen-bond acceptors (Lipinski definition) is 20. The second kappa shape index (κ2) is 41.3. The highest BCUT2D eigenvalue weighted by molar-refractivity contribution is 7.80. The number of benzene rings is 6. The van der Waals surface area contributed by atoms with E-state index in [-0.39, 0.29) is 132 Å². The molecule has 0 unspecified atom stereocenters. The quantitative estimate of drug-likeness (QED) is 0.0262. The number of phenolic OH excluding ortho intramolecular Hbond substituents is 1. The summed E-state index contributed by atoms with van der Waals surface area (Å²) in [6, 6.07) is 14.2. The summed E-state index contributed by atoms with van der Waals surface area (Å²) >= 11 is 44.1. The highest BCUT2D eigenvalue weighted by Gasteiger charge is 2.49. The number of phenols is 1. The topological polar surface area (TPSA) is 234 Å². The largest absolute Gasteiger partial charge is 0.506 e. The number of fused-ring (bicyclic) bond motifs is 2. The highest BCUT2D eigenvalue weighted by atomic mass is 35.5. The van der Waals surface area contributed by atoms with Crippen LogP contribution in [0.3, 0.4) is 0 Å². The summed E-state index contributed by atoms with van der Waals surface area (Å²) in [5, 5.41) is 20.9. The zero-order chi connectivity index (χ0) is 84.4. The molecule has 0 aliphatic carbocycles.